The summed E-state index contributed by atoms with van der Waals surface area (Å²) < 4.78 is 40.6. The van der Waals surface area contributed by atoms with Crippen molar-refractivity contribution >= 4 is 23.2 Å². The molecule has 0 saturated heterocycles. The molecule has 1 aromatic carbocycles. The van der Waals surface area contributed by atoms with Gasteiger partial charge >= 0.3 is 0 Å². The fraction of sp³-hybridized carbons (Fsp3) is 0.278. The Morgan fingerprint density at radius 3 is 2.96 bits per heavy atom. The average molecular weight is 409 g/mol. The van der Waals surface area contributed by atoms with Gasteiger partial charge in [0.25, 0.3) is 5.91 Å². The van der Waals surface area contributed by atoms with Gasteiger partial charge in [-0.25, -0.2) is 13.3 Å². The fourth-order valence-corrected chi connectivity index (χ4v) is 3.23. The second-order valence-corrected chi connectivity index (χ2v) is 6.58. The minimum absolute atomic E-state index is 0.0397. The third-order valence-electron chi connectivity index (χ3n) is 4.42. The lowest BCUT2D eigenvalue weighted by Gasteiger charge is -2.21. The van der Waals surface area contributed by atoms with Gasteiger partial charge in [-0.15, -0.1) is 0 Å². The third-order valence-corrected chi connectivity index (χ3v) is 4.81. The van der Waals surface area contributed by atoms with E-state index < -0.39 is 18.6 Å². The van der Waals surface area contributed by atoms with Crippen LogP contribution in [-0.2, 0) is 0 Å². The number of hydrogen-bond acceptors (Lipinski definition) is 5. The van der Waals surface area contributed by atoms with E-state index in [1.54, 1.807) is 7.05 Å². The molecular weight excluding hydrogens is 394 g/mol. The minimum atomic E-state index is -1.24. The van der Waals surface area contributed by atoms with Crippen molar-refractivity contribution in [2.24, 2.45) is 0 Å². The molecular formula is C18H15ClF2N4O3. The Bertz CT molecular complexity index is 1060. The van der Waals surface area contributed by atoms with Crippen LogP contribution in [0.3, 0.4) is 0 Å². The maximum atomic E-state index is 14.0. The molecule has 1 aliphatic rings. The Hall–Kier alpha value is -2.94. The van der Waals surface area contributed by atoms with E-state index in [4.69, 9.17) is 21.1 Å². The zero-order chi connectivity index (χ0) is 19.8. The predicted molar refractivity (Wildman–Crippen MR) is 96.2 cm³/mol. The molecule has 1 amide bonds. The van der Waals surface area contributed by atoms with Crippen molar-refractivity contribution in [3.8, 4) is 11.6 Å². The van der Waals surface area contributed by atoms with Crippen molar-refractivity contribution in [1.82, 2.24) is 19.5 Å². The molecule has 4 rings (SSSR count). The summed E-state index contributed by atoms with van der Waals surface area (Å²) in [5.74, 6) is -0.804. The smallest absolute Gasteiger partial charge is 0.259 e. The largest absolute Gasteiger partial charge is 0.491 e. The standard InChI is InChI=1S/C18H15ClF2N4O3/c1-24-6-7-27-12-3-2-11(21)16(19)15(12)13(8-20)28-14-4-5-25-17(23-14)10(9-22-25)18(24)26/h2-5,9,13H,6-8H2,1H3. The van der Waals surface area contributed by atoms with Gasteiger partial charge in [0, 0.05) is 19.3 Å². The molecule has 2 bridgehead atoms. The summed E-state index contributed by atoms with van der Waals surface area (Å²) >= 11 is 6.09. The molecule has 10 heteroatoms. The summed E-state index contributed by atoms with van der Waals surface area (Å²) in [5.41, 5.74) is 0.580. The molecule has 0 N–H and O–H groups in total. The lowest BCUT2D eigenvalue weighted by Crippen LogP contribution is -2.31. The van der Waals surface area contributed by atoms with E-state index in [-0.39, 0.29) is 52.5 Å². The second-order valence-electron chi connectivity index (χ2n) is 6.20. The number of alkyl halides is 1. The zero-order valence-electron chi connectivity index (χ0n) is 14.7. The number of likely N-dealkylation sites (N-methyl/N-ethyl adjacent to an activating group) is 1. The number of nitrogens with zero attached hydrogens (tertiary/aromatic N) is 4. The molecule has 3 heterocycles. The number of carbonyl (C=O) groups is 1. The van der Waals surface area contributed by atoms with Gasteiger partial charge in [-0.05, 0) is 12.1 Å². The van der Waals surface area contributed by atoms with Crippen LogP contribution in [0.15, 0.2) is 30.6 Å². The van der Waals surface area contributed by atoms with E-state index >= 15 is 0 Å². The number of amides is 1. The summed E-state index contributed by atoms with van der Waals surface area (Å²) in [6.07, 6.45) is 1.70. The Morgan fingerprint density at radius 2 is 2.18 bits per heavy atom. The van der Waals surface area contributed by atoms with Crippen LogP contribution < -0.4 is 9.47 Å². The monoisotopic (exact) mass is 408 g/mol. The van der Waals surface area contributed by atoms with Crippen LogP contribution >= 0.6 is 11.6 Å². The topological polar surface area (TPSA) is 69.0 Å². The normalized spacial score (nSPS) is 17.4. The molecule has 3 aromatic rings. The van der Waals surface area contributed by atoms with E-state index in [1.807, 2.05) is 0 Å². The number of benzene rings is 1. The highest BCUT2D eigenvalue weighted by Crippen LogP contribution is 2.37. The first-order valence-corrected chi connectivity index (χ1v) is 8.80. The third kappa shape index (κ3) is 3.11. The molecule has 0 fully saturated rings. The highest BCUT2D eigenvalue weighted by molar-refractivity contribution is 6.31. The van der Waals surface area contributed by atoms with Gasteiger partial charge in [0.15, 0.2) is 11.8 Å². The molecule has 1 unspecified atom stereocenters. The molecule has 7 nitrogen and oxygen atoms in total. The van der Waals surface area contributed by atoms with Crippen LogP contribution in [-0.4, -0.2) is 52.3 Å². The summed E-state index contributed by atoms with van der Waals surface area (Å²) in [7, 11) is 1.61. The van der Waals surface area contributed by atoms with Crippen LogP contribution in [0.1, 0.15) is 22.0 Å². The zero-order valence-corrected chi connectivity index (χ0v) is 15.5. The number of halogens is 3. The van der Waals surface area contributed by atoms with E-state index in [2.05, 4.69) is 10.1 Å². The lowest BCUT2D eigenvalue weighted by atomic mass is 10.1. The van der Waals surface area contributed by atoms with E-state index in [0.717, 1.165) is 6.07 Å². The molecule has 146 valence electrons. The molecule has 0 aliphatic carbocycles. The number of rotatable bonds is 1. The van der Waals surface area contributed by atoms with Gasteiger partial charge in [-0.3, -0.25) is 4.79 Å². The van der Waals surface area contributed by atoms with Crippen LogP contribution in [0.2, 0.25) is 5.02 Å². The molecule has 28 heavy (non-hydrogen) atoms. The second kappa shape index (κ2) is 7.23. The van der Waals surface area contributed by atoms with Gasteiger partial charge in [0.1, 0.15) is 30.4 Å². The highest BCUT2D eigenvalue weighted by atomic mass is 35.5. The van der Waals surface area contributed by atoms with Crippen molar-refractivity contribution in [3.05, 3.63) is 52.6 Å². The first kappa shape index (κ1) is 18.4. The van der Waals surface area contributed by atoms with E-state index in [0.29, 0.717) is 0 Å². The molecule has 1 atom stereocenters. The summed E-state index contributed by atoms with van der Waals surface area (Å²) in [6.45, 7) is -0.672. The number of carbonyl (C=O) groups excluding carboxylic acids is 1. The number of aromatic nitrogens is 3. The van der Waals surface area contributed by atoms with Crippen molar-refractivity contribution in [2.45, 2.75) is 6.10 Å². The SMILES string of the molecule is CN1CCOc2ccc(F)c(Cl)c2C(CF)Oc2ccn3ncc(c3n2)C1=O. The molecule has 0 spiro atoms. The minimum Gasteiger partial charge on any atom is -0.491 e. The first-order chi connectivity index (χ1) is 13.5. The summed E-state index contributed by atoms with van der Waals surface area (Å²) in [5, 5.41) is 3.81. The Balaban J connectivity index is 1.87. The Labute approximate surface area is 163 Å². The number of hydrogen-bond donors (Lipinski definition) is 0. The van der Waals surface area contributed by atoms with Crippen molar-refractivity contribution in [2.75, 3.05) is 26.9 Å². The van der Waals surface area contributed by atoms with E-state index in [1.165, 1.54) is 33.9 Å². The Kier molecular flexibility index (Phi) is 4.76. The lowest BCUT2D eigenvalue weighted by molar-refractivity contribution is 0.0774. The van der Waals surface area contributed by atoms with Gasteiger partial charge in [-0.2, -0.15) is 10.1 Å². The van der Waals surface area contributed by atoms with Gasteiger partial charge in [0.05, 0.1) is 23.3 Å². The average Bonchev–Trinajstić information content (AvgIpc) is 3.11. The molecule has 2 aromatic heterocycles. The van der Waals surface area contributed by atoms with Gasteiger partial charge in [-0.1, -0.05) is 11.6 Å². The van der Waals surface area contributed by atoms with E-state index in [9.17, 15) is 13.6 Å². The van der Waals surface area contributed by atoms with Gasteiger partial charge < -0.3 is 14.4 Å². The maximum Gasteiger partial charge on any atom is 0.259 e. The Morgan fingerprint density at radius 1 is 1.36 bits per heavy atom. The van der Waals surface area contributed by atoms with Gasteiger partial charge in [0.2, 0.25) is 5.88 Å². The molecule has 0 saturated carbocycles. The number of fused-ring (bicyclic) bond motifs is 2. The summed E-state index contributed by atoms with van der Waals surface area (Å²) in [6, 6.07) is 3.95. The fourth-order valence-electron chi connectivity index (χ4n) is 2.96. The van der Waals surface area contributed by atoms with Crippen LogP contribution in [0.25, 0.3) is 5.65 Å². The van der Waals surface area contributed by atoms with Crippen LogP contribution in [0.4, 0.5) is 8.78 Å². The molecule has 1 aliphatic heterocycles. The van der Waals surface area contributed by atoms with Crippen LogP contribution in [0, 0.1) is 5.82 Å². The predicted octanol–water partition coefficient (Wildman–Crippen LogP) is 3.08. The molecule has 0 radical (unpaired) electrons. The summed E-state index contributed by atoms with van der Waals surface area (Å²) in [4.78, 5) is 18.4. The van der Waals surface area contributed by atoms with Crippen molar-refractivity contribution in [3.63, 3.8) is 0 Å². The van der Waals surface area contributed by atoms with Crippen LogP contribution in [0.5, 0.6) is 11.6 Å². The quantitative estimate of drug-likeness (QED) is 0.619. The van der Waals surface area contributed by atoms with Crippen molar-refractivity contribution < 1.29 is 23.0 Å². The highest BCUT2D eigenvalue weighted by Gasteiger charge is 2.26. The maximum absolute atomic E-state index is 14.0. The van der Waals surface area contributed by atoms with Crippen molar-refractivity contribution in [1.29, 1.82) is 0 Å². The first-order valence-electron chi connectivity index (χ1n) is 8.42. The number of ether oxygens (including phenoxy) is 2.